The smallest absolute Gasteiger partial charge is 0.226 e. The number of rotatable bonds is 6. The maximum absolute atomic E-state index is 4.53. The van der Waals surface area contributed by atoms with Crippen LogP contribution in [0.25, 0.3) is 11.2 Å². The van der Waals surface area contributed by atoms with Crippen LogP contribution in [-0.2, 0) is 0 Å². The first-order chi connectivity index (χ1) is 9.26. The van der Waals surface area contributed by atoms with Crippen LogP contribution in [0.1, 0.15) is 33.1 Å². The number of nitrogens with one attached hydrogen (secondary N) is 3. The fourth-order valence-corrected chi connectivity index (χ4v) is 2.32. The molecule has 0 amide bonds. The average Bonchev–Trinajstić information content (AvgIpc) is 3.04. The summed E-state index contributed by atoms with van der Waals surface area (Å²) in [5, 5.41) is 6.62. The zero-order chi connectivity index (χ0) is 13.2. The molecule has 1 atom stereocenters. The molecule has 3 rings (SSSR count). The van der Waals surface area contributed by atoms with Crippen LogP contribution >= 0.6 is 0 Å². The Hall–Kier alpha value is -1.85. The van der Waals surface area contributed by atoms with E-state index in [9.17, 15) is 0 Å². The van der Waals surface area contributed by atoms with Gasteiger partial charge < -0.3 is 15.6 Å². The van der Waals surface area contributed by atoms with Crippen LogP contribution in [-0.4, -0.2) is 32.5 Å². The second-order valence-electron chi connectivity index (χ2n) is 5.25. The first-order valence-corrected chi connectivity index (χ1v) is 6.97. The van der Waals surface area contributed by atoms with Gasteiger partial charge in [0.1, 0.15) is 5.52 Å². The van der Waals surface area contributed by atoms with Gasteiger partial charge in [0.2, 0.25) is 5.95 Å². The van der Waals surface area contributed by atoms with E-state index in [4.69, 9.17) is 0 Å². The highest BCUT2D eigenvalue weighted by Gasteiger charge is 2.24. The van der Waals surface area contributed by atoms with Gasteiger partial charge in [-0.15, -0.1) is 0 Å². The molecule has 1 aliphatic rings. The first kappa shape index (κ1) is 12.2. The molecule has 3 N–H and O–H groups in total. The molecule has 19 heavy (non-hydrogen) atoms. The number of aromatic nitrogens is 4. The van der Waals surface area contributed by atoms with Crippen molar-refractivity contribution < 1.29 is 0 Å². The topological polar surface area (TPSA) is 78.5 Å². The number of hydrogen-bond donors (Lipinski definition) is 3. The van der Waals surface area contributed by atoms with Gasteiger partial charge in [0, 0.05) is 12.6 Å². The molecule has 2 aromatic heterocycles. The highest BCUT2D eigenvalue weighted by molar-refractivity contribution is 5.83. The zero-order valence-electron chi connectivity index (χ0n) is 11.4. The van der Waals surface area contributed by atoms with Crippen molar-refractivity contribution in [2.45, 2.75) is 39.2 Å². The van der Waals surface area contributed by atoms with Gasteiger partial charge in [-0.1, -0.05) is 12.8 Å². The van der Waals surface area contributed by atoms with Gasteiger partial charge in [0.25, 0.3) is 0 Å². The lowest BCUT2D eigenvalue weighted by atomic mass is 10.1. The molecule has 1 aliphatic carbocycles. The predicted molar refractivity (Wildman–Crippen MR) is 76.3 cm³/mol. The van der Waals surface area contributed by atoms with E-state index >= 15 is 0 Å². The van der Waals surface area contributed by atoms with Gasteiger partial charge in [0.15, 0.2) is 11.5 Å². The third-order valence-corrected chi connectivity index (χ3v) is 3.39. The van der Waals surface area contributed by atoms with Crippen molar-refractivity contribution in [1.82, 2.24) is 19.9 Å². The molecule has 0 saturated heterocycles. The molecule has 2 aromatic rings. The fraction of sp³-hybridized carbons (Fsp3) is 0.615. The van der Waals surface area contributed by atoms with Gasteiger partial charge in [-0.25, -0.2) is 4.98 Å². The molecule has 0 radical (unpaired) electrons. The summed E-state index contributed by atoms with van der Waals surface area (Å²) >= 11 is 0. The number of anilines is 2. The van der Waals surface area contributed by atoms with Crippen molar-refractivity contribution in [3.8, 4) is 0 Å². The third-order valence-electron chi connectivity index (χ3n) is 3.39. The lowest BCUT2D eigenvalue weighted by molar-refractivity contribution is 0.640. The molecule has 6 nitrogen and oxygen atoms in total. The number of hydrogen-bond acceptors (Lipinski definition) is 5. The van der Waals surface area contributed by atoms with E-state index in [-0.39, 0.29) is 0 Å². The van der Waals surface area contributed by atoms with E-state index in [0.717, 1.165) is 23.8 Å². The molecule has 2 heterocycles. The Morgan fingerprint density at radius 2 is 2.26 bits per heavy atom. The zero-order valence-corrected chi connectivity index (χ0v) is 11.4. The summed E-state index contributed by atoms with van der Waals surface area (Å²) in [6.07, 6.45) is 5.61. The average molecular weight is 260 g/mol. The lowest BCUT2D eigenvalue weighted by Gasteiger charge is -2.15. The van der Waals surface area contributed by atoms with E-state index in [1.165, 1.54) is 19.3 Å². The van der Waals surface area contributed by atoms with Crippen molar-refractivity contribution in [2.75, 3.05) is 17.2 Å². The molecule has 0 spiro atoms. The largest absolute Gasteiger partial charge is 0.366 e. The monoisotopic (exact) mass is 260 g/mol. The minimum Gasteiger partial charge on any atom is -0.366 e. The minimum atomic E-state index is 0.420. The molecular formula is C13H20N6. The predicted octanol–water partition coefficient (Wildman–Crippen LogP) is 2.39. The number of nitrogens with zero attached hydrogens (tertiary/aromatic N) is 3. The van der Waals surface area contributed by atoms with Crippen molar-refractivity contribution in [1.29, 1.82) is 0 Å². The molecule has 0 bridgehead atoms. The van der Waals surface area contributed by atoms with Crippen LogP contribution in [0.2, 0.25) is 0 Å². The van der Waals surface area contributed by atoms with E-state index < -0.39 is 0 Å². The quantitative estimate of drug-likeness (QED) is 0.743. The molecule has 1 saturated carbocycles. The molecule has 1 fully saturated rings. The first-order valence-electron chi connectivity index (χ1n) is 6.97. The molecule has 0 aliphatic heterocycles. The van der Waals surface area contributed by atoms with Crippen LogP contribution in [0, 0.1) is 5.92 Å². The van der Waals surface area contributed by atoms with Gasteiger partial charge in [-0.3, -0.25) is 0 Å². The van der Waals surface area contributed by atoms with Gasteiger partial charge in [0.05, 0.1) is 6.33 Å². The second-order valence-corrected chi connectivity index (χ2v) is 5.25. The summed E-state index contributed by atoms with van der Waals surface area (Å²) in [4.78, 5) is 16.2. The summed E-state index contributed by atoms with van der Waals surface area (Å²) in [6, 6.07) is 0.420. The normalized spacial score (nSPS) is 16.5. The van der Waals surface area contributed by atoms with Crippen LogP contribution < -0.4 is 10.6 Å². The Labute approximate surface area is 112 Å². The Morgan fingerprint density at radius 1 is 1.42 bits per heavy atom. The Bertz CT molecular complexity index is 559. The van der Waals surface area contributed by atoms with Crippen molar-refractivity contribution in [3.05, 3.63) is 6.33 Å². The van der Waals surface area contributed by atoms with Crippen molar-refractivity contribution in [2.24, 2.45) is 5.92 Å². The fourth-order valence-electron chi connectivity index (χ4n) is 2.32. The van der Waals surface area contributed by atoms with Crippen LogP contribution in [0.3, 0.4) is 0 Å². The Kier molecular flexibility index (Phi) is 3.23. The highest BCUT2D eigenvalue weighted by atomic mass is 15.2. The highest BCUT2D eigenvalue weighted by Crippen LogP contribution is 2.34. The number of aromatic amines is 1. The van der Waals surface area contributed by atoms with Gasteiger partial charge in [-0.2, -0.15) is 9.97 Å². The Morgan fingerprint density at radius 3 is 3.00 bits per heavy atom. The molecule has 102 valence electrons. The van der Waals surface area contributed by atoms with Crippen molar-refractivity contribution >= 4 is 22.9 Å². The third kappa shape index (κ3) is 2.77. The summed E-state index contributed by atoms with van der Waals surface area (Å²) < 4.78 is 0. The van der Waals surface area contributed by atoms with Crippen LogP contribution in [0.4, 0.5) is 11.8 Å². The van der Waals surface area contributed by atoms with Crippen LogP contribution in [0.5, 0.6) is 0 Å². The van der Waals surface area contributed by atoms with E-state index in [0.29, 0.717) is 17.6 Å². The minimum absolute atomic E-state index is 0.420. The number of fused-ring (bicyclic) bond motifs is 1. The van der Waals surface area contributed by atoms with Crippen molar-refractivity contribution in [3.63, 3.8) is 0 Å². The summed E-state index contributed by atoms with van der Waals surface area (Å²) in [7, 11) is 0. The maximum atomic E-state index is 4.53. The number of imidazole rings is 1. The van der Waals surface area contributed by atoms with Gasteiger partial charge >= 0.3 is 0 Å². The van der Waals surface area contributed by atoms with E-state index in [1.54, 1.807) is 6.33 Å². The summed E-state index contributed by atoms with van der Waals surface area (Å²) in [6.45, 7) is 5.03. The number of H-pyrrole nitrogens is 1. The summed E-state index contributed by atoms with van der Waals surface area (Å²) in [5.41, 5.74) is 1.58. The molecular weight excluding hydrogens is 240 g/mol. The van der Waals surface area contributed by atoms with Gasteiger partial charge in [-0.05, 0) is 26.2 Å². The van der Waals surface area contributed by atoms with Crippen LogP contribution in [0.15, 0.2) is 6.33 Å². The molecule has 0 aromatic carbocycles. The Balaban J connectivity index is 1.84. The molecule has 6 heteroatoms. The second kappa shape index (κ2) is 5.03. The van der Waals surface area contributed by atoms with E-state index in [2.05, 4.69) is 37.5 Å². The maximum Gasteiger partial charge on any atom is 0.226 e. The lowest BCUT2D eigenvalue weighted by Crippen LogP contribution is -2.18. The summed E-state index contributed by atoms with van der Waals surface area (Å²) in [5.74, 6) is 2.37. The van der Waals surface area contributed by atoms with E-state index in [1.807, 2.05) is 6.92 Å². The standard InChI is InChI=1S/C13H20N6/c1-3-14-13-18-11-10(15-7-16-11)12(19-13)17-8(2)6-9-4-5-9/h7-9H,3-6H2,1-2H3,(H3,14,15,16,17,18,19). The molecule has 1 unspecified atom stereocenters. The SMILES string of the molecule is CCNc1nc(NC(C)CC2CC2)c2[nH]cnc2n1.